The van der Waals surface area contributed by atoms with E-state index in [2.05, 4.69) is 36.2 Å². The Morgan fingerprint density at radius 2 is 2.25 bits per heavy atom. The van der Waals surface area contributed by atoms with Gasteiger partial charge in [-0.05, 0) is 31.8 Å². The van der Waals surface area contributed by atoms with Crippen molar-refractivity contribution in [3.63, 3.8) is 0 Å². The van der Waals surface area contributed by atoms with Crippen LogP contribution in [0.5, 0.6) is 0 Å². The second kappa shape index (κ2) is 4.53. The topological polar surface area (TPSA) is 51.0 Å². The van der Waals surface area contributed by atoms with Crippen LogP contribution in [-0.2, 0) is 11.8 Å². The second-order valence-electron chi connectivity index (χ2n) is 5.68. The van der Waals surface area contributed by atoms with Crippen LogP contribution >= 0.6 is 0 Å². The highest BCUT2D eigenvalue weighted by molar-refractivity contribution is 5.00. The molecule has 1 unspecified atom stereocenters. The highest BCUT2D eigenvalue weighted by Crippen LogP contribution is 2.20. The molecule has 4 heteroatoms. The van der Waals surface area contributed by atoms with E-state index < -0.39 is 0 Å². The summed E-state index contributed by atoms with van der Waals surface area (Å²) in [4.78, 5) is 4.47. The quantitative estimate of drug-likeness (QED) is 0.832. The standard InChI is InChI=1S/C12H21N3O/c1-12(2,3)11-14-10(16-15-11)7-9-5-4-6-13-8-9/h9,13H,4-8H2,1-3H3. The number of rotatable bonds is 2. The normalized spacial score (nSPS) is 22.3. The molecule has 1 saturated heterocycles. The van der Waals surface area contributed by atoms with Gasteiger partial charge in [0.15, 0.2) is 5.82 Å². The molecule has 1 N–H and O–H groups in total. The van der Waals surface area contributed by atoms with Crippen molar-refractivity contribution in [2.75, 3.05) is 13.1 Å². The number of hydrogen-bond donors (Lipinski definition) is 1. The molecule has 1 fully saturated rings. The van der Waals surface area contributed by atoms with Crippen molar-refractivity contribution in [1.29, 1.82) is 0 Å². The summed E-state index contributed by atoms with van der Waals surface area (Å²) in [5.74, 6) is 2.26. The van der Waals surface area contributed by atoms with Gasteiger partial charge < -0.3 is 9.84 Å². The van der Waals surface area contributed by atoms with Crippen molar-refractivity contribution in [3.8, 4) is 0 Å². The van der Waals surface area contributed by atoms with Crippen LogP contribution in [0.2, 0.25) is 0 Å². The Bertz CT molecular complexity index is 334. The molecular formula is C12H21N3O. The van der Waals surface area contributed by atoms with Gasteiger partial charge in [0.05, 0.1) is 0 Å². The van der Waals surface area contributed by atoms with Crippen LogP contribution in [0.15, 0.2) is 4.52 Å². The fourth-order valence-electron chi connectivity index (χ4n) is 1.99. The van der Waals surface area contributed by atoms with Gasteiger partial charge in [-0.2, -0.15) is 4.98 Å². The molecule has 0 bridgehead atoms. The first-order valence-electron chi connectivity index (χ1n) is 6.09. The lowest BCUT2D eigenvalue weighted by atomic mass is 9.95. The summed E-state index contributed by atoms with van der Waals surface area (Å²) in [6, 6.07) is 0. The van der Waals surface area contributed by atoms with Crippen molar-refractivity contribution in [3.05, 3.63) is 11.7 Å². The molecule has 1 aromatic rings. The minimum Gasteiger partial charge on any atom is -0.339 e. The van der Waals surface area contributed by atoms with Gasteiger partial charge in [-0.15, -0.1) is 0 Å². The van der Waals surface area contributed by atoms with E-state index in [1.54, 1.807) is 0 Å². The molecule has 1 aliphatic rings. The molecule has 16 heavy (non-hydrogen) atoms. The molecule has 2 rings (SSSR count). The van der Waals surface area contributed by atoms with Crippen molar-refractivity contribution in [2.24, 2.45) is 5.92 Å². The van der Waals surface area contributed by atoms with Crippen molar-refractivity contribution in [2.45, 2.75) is 45.4 Å². The summed E-state index contributed by atoms with van der Waals surface area (Å²) in [5, 5.41) is 7.45. The van der Waals surface area contributed by atoms with Gasteiger partial charge in [0.25, 0.3) is 0 Å². The van der Waals surface area contributed by atoms with Gasteiger partial charge in [-0.25, -0.2) is 0 Å². The Labute approximate surface area is 96.8 Å². The van der Waals surface area contributed by atoms with Crippen LogP contribution in [0, 0.1) is 5.92 Å². The van der Waals surface area contributed by atoms with E-state index >= 15 is 0 Å². The molecular weight excluding hydrogens is 202 g/mol. The lowest BCUT2D eigenvalue weighted by Gasteiger charge is -2.20. The Balaban J connectivity index is 1.97. The molecule has 1 atom stereocenters. The predicted octanol–water partition coefficient (Wildman–Crippen LogP) is 1.91. The molecule has 0 saturated carbocycles. The van der Waals surface area contributed by atoms with Crippen molar-refractivity contribution >= 4 is 0 Å². The summed E-state index contributed by atoms with van der Waals surface area (Å²) >= 11 is 0. The molecule has 2 heterocycles. The third kappa shape index (κ3) is 2.82. The number of piperidine rings is 1. The zero-order valence-corrected chi connectivity index (χ0v) is 10.4. The van der Waals surface area contributed by atoms with Crippen molar-refractivity contribution < 1.29 is 4.52 Å². The molecule has 4 nitrogen and oxygen atoms in total. The zero-order valence-electron chi connectivity index (χ0n) is 10.4. The van der Waals surface area contributed by atoms with E-state index in [9.17, 15) is 0 Å². The maximum atomic E-state index is 5.31. The van der Waals surface area contributed by atoms with Gasteiger partial charge in [-0.1, -0.05) is 25.9 Å². The molecule has 0 radical (unpaired) electrons. The van der Waals surface area contributed by atoms with Gasteiger partial charge in [0, 0.05) is 11.8 Å². The number of hydrogen-bond acceptors (Lipinski definition) is 4. The third-order valence-electron chi connectivity index (χ3n) is 3.00. The predicted molar refractivity (Wildman–Crippen MR) is 62.3 cm³/mol. The maximum absolute atomic E-state index is 5.31. The van der Waals surface area contributed by atoms with Gasteiger partial charge in [-0.3, -0.25) is 0 Å². The highest BCUT2D eigenvalue weighted by Gasteiger charge is 2.22. The average Bonchev–Trinajstić information content (AvgIpc) is 2.67. The number of nitrogens with one attached hydrogen (secondary N) is 1. The third-order valence-corrected chi connectivity index (χ3v) is 3.00. The van der Waals surface area contributed by atoms with E-state index in [0.29, 0.717) is 5.92 Å². The van der Waals surface area contributed by atoms with Crippen LogP contribution in [0.4, 0.5) is 0 Å². The van der Waals surface area contributed by atoms with E-state index in [1.807, 2.05) is 0 Å². The summed E-state index contributed by atoms with van der Waals surface area (Å²) in [6.45, 7) is 8.53. The minimum atomic E-state index is -0.0213. The molecule has 1 aliphatic heterocycles. The van der Waals surface area contributed by atoms with Gasteiger partial charge in [0.2, 0.25) is 5.89 Å². The minimum absolute atomic E-state index is 0.0213. The molecule has 0 spiro atoms. The van der Waals surface area contributed by atoms with Crippen LogP contribution in [0.3, 0.4) is 0 Å². The smallest absolute Gasteiger partial charge is 0.226 e. The van der Waals surface area contributed by atoms with Crippen LogP contribution in [0.1, 0.15) is 45.3 Å². The molecule has 0 aliphatic carbocycles. The Kier molecular flexibility index (Phi) is 3.28. The van der Waals surface area contributed by atoms with Crippen LogP contribution in [-0.4, -0.2) is 23.2 Å². The second-order valence-corrected chi connectivity index (χ2v) is 5.68. The van der Waals surface area contributed by atoms with Crippen LogP contribution in [0.25, 0.3) is 0 Å². The van der Waals surface area contributed by atoms with Crippen LogP contribution < -0.4 is 5.32 Å². The van der Waals surface area contributed by atoms with E-state index in [0.717, 1.165) is 31.2 Å². The summed E-state index contributed by atoms with van der Waals surface area (Å²) in [6.07, 6.45) is 3.43. The highest BCUT2D eigenvalue weighted by atomic mass is 16.5. The molecule has 0 amide bonds. The fraction of sp³-hybridized carbons (Fsp3) is 0.833. The Morgan fingerprint density at radius 3 is 2.81 bits per heavy atom. The summed E-state index contributed by atoms with van der Waals surface area (Å²) in [7, 11) is 0. The maximum Gasteiger partial charge on any atom is 0.226 e. The lowest BCUT2D eigenvalue weighted by Crippen LogP contribution is -2.30. The Hall–Kier alpha value is -0.900. The Morgan fingerprint density at radius 1 is 1.44 bits per heavy atom. The summed E-state index contributed by atoms with van der Waals surface area (Å²) < 4.78 is 5.31. The van der Waals surface area contributed by atoms with E-state index in [-0.39, 0.29) is 5.41 Å². The number of nitrogens with zero attached hydrogens (tertiary/aromatic N) is 2. The van der Waals surface area contributed by atoms with Gasteiger partial charge >= 0.3 is 0 Å². The van der Waals surface area contributed by atoms with Gasteiger partial charge in [0.1, 0.15) is 0 Å². The fourth-order valence-corrected chi connectivity index (χ4v) is 1.99. The molecule has 90 valence electrons. The first-order chi connectivity index (χ1) is 7.55. The number of aromatic nitrogens is 2. The van der Waals surface area contributed by atoms with E-state index in [1.165, 1.54) is 12.8 Å². The van der Waals surface area contributed by atoms with Crippen molar-refractivity contribution in [1.82, 2.24) is 15.5 Å². The largest absolute Gasteiger partial charge is 0.339 e. The molecule has 1 aromatic heterocycles. The summed E-state index contributed by atoms with van der Waals surface area (Å²) in [5.41, 5.74) is -0.0213. The SMILES string of the molecule is CC(C)(C)c1noc(CC2CCCNC2)n1. The lowest BCUT2D eigenvalue weighted by molar-refractivity contribution is 0.312. The first-order valence-corrected chi connectivity index (χ1v) is 6.09. The average molecular weight is 223 g/mol. The monoisotopic (exact) mass is 223 g/mol. The van der Waals surface area contributed by atoms with E-state index in [4.69, 9.17) is 4.52 Å². The molecule has 0 aromatic carbocycles. The zero-order chi connectivity index (χ0) is 11.6. The first kappa shape index (κ1) is 11.6.